The Kier molecular flexibility index (Phi) is 7.44. The second-order valence-corrected chi connectivity index (χ2v) is 10.7. The van der Waals surface area contributed by atoms with Crippen molar-refractivity contribution in [3.05, 3.63) is 94.3 Å². The first-order valence-electron chi connectivity index (χ1n) is 11.4. The van der Waals surface area contributed by atoms with E-state index in [1.54, 1.807) is 44.2 Å². The highest BCUT2D eigenvalue weighted by molar-refractivity contribution is 7.89. The molecular formula is C26H25ClFN3O4S. The third-order valence-electron chi connectivity index (χ3n) is 6.10. The number of sulfonamides is 1. The Morgan fingerprint density at radius 3 is 2.31 bits per heavy atom. The number of hydrogen-bond donors (Lipinski definition) is 1. The molecule has 0 saturated heterocycles. The standard InChI is InChI=1S/C26H25ClFN3O4S/c1-3-30(4-2)36(34,35)21-12-7-18(8-13-21)26(33)31-16-24(32)29-23-14-9-19(27)15-22(23)25(31)17-5-10-20(28)11-6-17/h5-15,25H,3-4,16H2,1-2H3,(H,29,32)/t25-/m0/s1. The predicted molar refractivity (Wildman–Crippen MR) is 136 cm³/mol. The van der Waals surface area contributed by atoms with Gasteiger partial charge in [0.05, 0.1) is 10.9 Å². The Balaban J connectivity index is 1.78. The number of halogens is 2. The van der Waals surface area contributed by atoms with Crippen LogP contribution in [0.4, 0.5) is 10.1 Å². The molecule has 7 nitrogen and oxygen atoms in total. The summed E-state index contributed by atoms with van der Waals surface area (Å²) in [5.41, 5.74) is 1.87. The topological polar surface area (TPSA) is 86.8 Å². The lowest BCUT2D eigenvalue weighted by molar-refractivity contribution is -0.117. The minimum Gasteiger partial charge on any atom is -0.324 e. The van der Waals surface area contributed by atoms with E-state index in [-0.39, 0.29) is 17.0 Å². The molecule has 0 bridgehead atoms. The Morgan fingerprint density at radius 2 is 1.69 bits per heavy atom. The summed E-state index contributed by atoms with van der Waals surface area (Å²) < 4.78 is 40.7. The van der Waals surface area contributed by atoms with Crippen molar-refractivity contribution in [1.29, 1.82) is 0 Å². The molecule has 0 spiro atoms. The highest BCUT2D eigenvalue weighted by Gasteiger charge is 2.34. The van der Waals surface area contributed by atoms with E-state index in [1.807, 2.05) is 0 Å². The lowest BCUT2D eigenvalue weighted by Gasteiger charge is -2.31. The fourth-order valence-electron chi connectivity index (χ4n) is 4.32. The molecule has 36 heavy (non-hydrogen) atoms. The highest BCUT2D eigenvalue weighted by atomic mass is 35.5. The van der Waals surface area contributed by atoms with Crippen LogP contribution in [-0.2, 0) is 14.8 Å². The second-order valence-electron chi connectivity index (χ2n) is 8.28. The van der Waals surface area contributed by atoms with Gasteiger partial charge in [-0.15, -0.1) is 0 Å². The number of anilines is 1. The molecule has 1 heterocycles. The number of rotatable bonds is 6. The number of benzene rings is 3. The average molecular weight is 530 g/mol. The monoisotopic (exact) mass is 529 g/mol. The number of hydrogen-bond acceptors (Lipinski definition) is 4. The van der Waals surface area contributed by atoms with Crippen molar-refractivity contribution in [2.24, 2.45) is 0 Å². The fourth-order valence-corrected chi connectivity index (χ4v) is 5.96. The van der Waals surface area contributed by atoms with Gasteiger partial charge in [0.25, 0.3) is 5.91 Å². The van der Waals surface area contributed by atoms with Crippen molar-refractivity contribution in [2.45, 2.75) is 24.8 Å². The summed E-state index contributed by atoms with van der Waals surface area (Å²) in [5, 5.41) is 3.21. The highest BCUT2D eigenvalue weighted by Crippen LogP contribution is 2.38. The van der Waals surface area contributed by atoms with E-state index in [1.165, 1.54) is 45.6 Å². The van der Waals surface area contributed by atoms with Gasteiger partial charge in [-0.2, -0.15) is 4.31 Å². The van der Waals surface area contributed by atoms with E-state index < -0.39 is 33.7 Å². The van der Waals surface area contributed by atoms with E-state index in [0.29, 0.717) is 34.9 Å². The maximum absolute atomic E-state index is 13.7. The summed E-state index contributed by atoms with van der Waals surface area (Å²) in [5.74, 6) is -1.33. The van der Waals surface area contributed by atoms with Gasteiger partial charge in [0.2, 0.25) is 15.9 Å². The Morgan fingerprint density at radius 1 is 1.06 bits per heavy atom. The summed E-state index contributed by atoms with van der Waals surface area (Å²) in [6.45, 7) is 3.88. The van der Waals surface area contributed by atoms with E-state index in [2.05, 4.69) is 5.32 Å². The van der Waals surface area contributed by atoms with Crippen LogP contribution in [0.25, 0.3) is 0 Å². The predicted octanol–water partition coefficient (Wildman–Crippen LogP) is 4.69. The molecule has 0 fully saturated rings. The lowest BCUT2D eigenvalue weighted by Crippen LogP contribution is -2.39. The van der Waals surface area contributed by atoms with E-state index >= 15 is 0 Å². The van der Waals surface area contributed by atoms with Crippen molar-refractivity contribution in [3.8, 4) is 0 Å². The van der Waals surface area contributed by atoms with Crippen molar-refractivity contribution in [2.75, 3.05) is 25.0 Å². The van der Waals surface area contributed by atoms with Gasteiger partial charge in [0, 0.05) is 34.9 Å². The SMILES string of the molecule is CCN(CC)S(=O)(=O)c1ccc(C(=O)N2CC(=O)Nc3ccc(Cl)cc3[C@@H]2c2ccc(F)cc2)cc1. The summed E-state index contributed by atoms with van der Waals surface area (Å²) in [6, 6.07) is 15.5. The van der Waals surface area contributed by atoms with Crippen LogP contribution >= 0.6 is 11.6 Å². The molecule has 1 atom stereocenters. The maximum Gasteiger partial charge on any atom is 0.255 e. The molecule has 188 valence electrons. The number of carbonyl (C=O) groups excluding carboxylic acids is 2. The molecule has 4 rings (SSSR count). The zero-order valence-electron chi connectivity index (χ0n) is 19.7. The van der Waals surface area contributed by atoms with Crippen molar-refractivity contribution in [3.63, 3.8) is 0 Å². The van der Waals surface area contributed by atoms with Crippen LogP contribution in [0.2, 0.25) is 5.02 Å². The summed E-state index contributed by atoms with van der Waals surface area (Å²) >= 11 is 6.26. The Bertz CT molecular complexity index is 1390. The summed E-state index contributed by atoms with van der Waals surface area (Å²) in [7, 11) is -3.69. The van der Waals surface area contributed by atoms with Crippen LogP contribution in [-0.4, -0.2) is 49.1 Å². The molecule has 0 aromatic heterocycles. The van der Waals surface area contributed by atoms with Gasteiger partial charge in [-0.25, -0.2) is 12.8 Å². The van der Waals surface area contributed by atoms with Crippen molar-refractivity contribution in [1.82, 2.24) is 9.21 Å². The van der Waals surface area contributed by atoms with Gasteiger partial charge >= 0.3 is 0 Å². The molecule has 0 aliphatic carbocycles. The van der Waals surface area contributed by atoms with Gasteiger partial charge in [0.1, 0.15) is 12.4 Å². The van der Waals surface area contributed by atoms with Gasteiger partial charge in [-0.1, -0.05) is 37.6 Å². The van der Waals surface area contributed by atoms with Crippen molar-refractivity contribution < 1.29 is 22.4 Å². The van der Waals surface area contributed by atoms with Crippen LogP contribution in [0.3, 0.4) is 0 Å². The molecule has 3 aromatic carbocycles. The zero-order valence-corrected chi connectivity index (χ0v) is 21.3. The molecule has 0 saturated carbocycles. The second kappa shape index (κ2) is 10.4. The van der Waals surface area contributed by atoms with E-state index in [9.17, 15) is 22.4 Å². The zero-order chi connectivity index (χ0) is 26.0. The normalized spacial score (nSPS) is 15.9. The Hall–Kier alpha value is -3.27. The molecular weight excluding hydrogens is 505 g/mol. The van der Waals surface area contributed by atoms with Crippen LogP contribution in [0, 0.1) is 5.82 Å². The number of nitrogens with one attached hydrogen (secondary N) is 1. The molecule has 1 N–H and O–H groups in total. The van der Waals surface area contributed by atoms with Gasteiger partial charge in [-0.3, -0.25) is 9.59 Å². The number of amides is 2. The van der Waals surface area contributed by atoms with E-state index in [4.69, 9.17) is 11.6 Å². The first-order valence-corrected chi connectivity index (χ1v) is 13.2. The van der Waals surface area contributed by atoms with Crippen LogP contribution in [0.1, 0.15) is 41.4 Å². The quantitative estimate of drug-likeness (QED) is 0.502. The number of fused-ring (bicyclic) bond motifs is 1. The van der Waals surface area contributed by atoms with Gasteiger partial charge in [-0.05, 0) is 60.2 Å². The lowest BCUT2D eigenvalue weighted by atomic mass is 9.95. The minimum atomic E-state index is -3.69. The molecule has 1 aliphatic rings. The summed E-state index contributed by atoms with van der Waals surface area (Å²) in [6.07, 6.45) is 0. The largest absolute Gasteiger partial charge is 0.324 e. The van der Waals surface area contributed by atoms with E-state index in [0.717, 1.165) is 0 Å². The average Bonchev–Trinajstić information content (AvgIpc) is 3.00. The molecule has 0 radical (unpaired) electrons. The number of nitrogens with zero attached hydrogens (tertiary/aromatic N) is 2. The Labute approximate surface area is 214 Å². The minimum absolute atomic E-state index is 0.0728. The first-order chi connectivity index (χ1) is 17.1. The molecule has 2 amide bonds. The summed E-state index contributed by atoms with van der Waals surface area (Å²) in [4.78, 5) is 27.9. The smallest absolute Gasteiger partial charge is 0.255 e. The van der Waals surface area contributed by atoms with Crippen molar-refractivity contribution >= 4 is 39.1 Å². The first kappa shape index (κ1) is 25.8. The van der Waals surface area contributed by atoms with Crippen LogP contribution in [0.15, 0.2) is 71.6 Å². The van der Waals surface area contributed by atoms with Crippen LogP contribution < -0.4 is 5.32 Å². The molecule has 1 aliphatic heterocycles. The molecule has 3 aromatic rings. The fraction of sp³-hybridized carbons (Fsp3) is 0.231. The maximum atomic E-state index is 13.7. The van der Waals surface area contributed by atoms with Gasteiger partial charge < -0.3 is 10.2 Å². The number of carbonyl (C=O) groups is 2. The molecule has 10 heteroatoms. The van der Waals surface area contributed by atoms with Crippen LogP contribution in [0.5, 0.6) is 0 Å². The molecule has 0 unspecified atom stereocenters. The third kappa shape index (κ3) is 5.00. The van der Waals surface area contributed by atoms with Gasteiger partial charge in [0.15, 0.2) is 0 Å². The third-order valence-corrected chi connectivity index (χ3v) is 8.40.